The van der Waals surface area contributed by atoms with E-state index in [1.54, 1.807) is 17.4 Å². The Labute approximate surface area is 109 Å². The van der Waals surface area contributed by atoms with Crippen LogP contribution in [-0.4, -0.2) is 12.1 Å². The van der Waals surface area contributed by atoms with E-state index in [9.17, 15) is 4.39 Å². The molecule has 0 aliphatic rings. The lowest BCUT2D eigenvalue weighted by atomic mass is 10.2. The average molecular weight is 267 g/mol. The molecular weight excluding hydrogens is 253 g/mol. The first kappa shape index (κ1) is 12.6. The van der Waals surface area contributed by atoms with E-state index in [0.717, 1.165) is 9.88 Å². The van der Waals surface area contributed by atoms with Gasteiger partial charge in [-0.05, 0) is 6.92 Å². The number of aromatic nitrogens is 1. The minimum absolute atomic E-state index is 0.173. The van der Waals surface area contributed by atoms with Crippen molar-refractivity contribution in [2.45, 2.75) is 13.5 Å². The highest BCUT2D eigenvalue weighted by atomic mass is 32.1. The van der Waals surface area contributed by atoms with Crippen LogP contribution in [0.15, 0.2) is 18.3 Å². The zero-order valence-corrected chi connectivity index (χ0v) is 11.0. The molecule has 0 saturated carbocycles. The molecule has 1 aromatic heterocycles. The normalized spacial score (nSPS) is 10.4. The number of hydrogen-bond donors (Lipinski definition) is 2. The van der Waals surface area contributed by atoms with E-state index in [-0.39, 0.29) is 5.75 Å². The summed E-state index contributed by atoms with van der Waals surface area (Å²) in [6.07, 6.45) is 1.81. The van der Waals surface area contributed by atoms with Gasteiger partial charge < -0.3 is 15.8 Å². The average Bonchev–Trinajstić information content (AvgIpc) is 2.74. The Kier molecular flexibility index (Phi) is 3.66. The summed E-state index contributed by atoms with van der Waals surface area (Å²) in [5.41, 5.74) is 6.75. The molecule has 0 fully saturated rings. The van der Waals surface area contributed by atoms with Crippen molar-refractivity contribution in [3.63, 3.8) is 0 Å². The minimum Gasteiger partial charge on any atom is -0.494 e. The molecule has 0 aliphatic heterocycles. The van der Waals surface area contributed by atoms with Crippen molar-refractivity contribution in [1.82, 2.24) is 4.98 Å². The molecule has 1 aromatic carbocycles. The predicted molar refractivity (Wildman–Crippen MR) is 71.5 cm³/mol. The van der Waals surface area contributed by atoms with Gasteiger partial charge in [-0.3, -0.25) is 0 Å². The first-order chi connectivity index (χ1) is 8.60. The molecule has 0 atom stereocenters. The van der Waals surface area contributed by atoms with E-state index >= 15 is 0 Å². The summed E-state index contributed by atoms with van der Waals surface area (Å²) in [5.74, 6) is -0.290. The fourth-order valence-electron chi connectivity index (χ4n) is 1.55. The van der Waals surface area contributed by atoms with Crippen molar-refractivity contribution in [3.8, 4) is 5.75 Å². The summed E-state index contributed by atoms with van der Waals surface area (Å²) in [6, 6.07) is 2.80. The molecule has 0 saturated heterocycles. The standard InChI is InChI=1S/C12H14FN3OS/c1-7-15-5-8(18-7)6-16-11-4-12(17-2)9(13)3-10(11)14/h3-5,16H,6,14H2,1-2H3. The number of halogens is 1. The Morgan fingerprint density at radius 3 is 2.89 bits per heavy atom. The summed E-state index contributed by atoms with van der Waals surface area (Å²) in [7, 11) is 1.42. The van der Waals surface area contributed by atoms with Crippen LogP contribution in [-0.2, 0) is 6.54 Å². The van der Waals surface area contributed by atoms with Gasteiger partial charge in [0, 0.05) is 23.2 Å². The van der Waals surface area contributed by atoms with Gasteiger partial charge in [0.2, 0.25) is 0 Å². The van der Waals surface area contributed by atoms with Gasteiger partial charge >= 0.3 is 0 Å². The number of aryl methyl sites for hydroxylation is 1. The summed E-state index contributed by atoms with van der Waals surface area (Å²) >= 11 is 1.61. The van der Waals surface area contributed by atoms with E-state index in [4.69, 9.17) is 10.5 Å². The minimum atomic E-state index is -0.464. The zero-order valence-electron chi connectivity index (χ0n) is 10.2. The molecular formula is C12H14FN3OS. The van der Waals surface area contributed by atoms with Crippen molar-refractivity contribution in [3.05, 3.63) is 34.0 Å². The first-order valence-electron chi connectivity index (χ1n) is 5.38. The summed E-state index contributed by atoms with van der Waals surface area (Å²) in [6.45, 7) is 2.55. The quantitative estimate of drug-likeness (QED) is 0.836. The number of nitrogens with one attached hydrogen (secondary N) is 1. The Morgan fingerprint density at radius 2 is 2.28 bits per heavy atom. The van der Waals surface area contributed by atoms with E-state index in [2.05, 4.69) is 10.3 Å². The number of ether oxygens (including phenoxy) is 1. The highest BCUT2D eigenvalue weighted by Gasteiger charge is 2.08. The number of hydrogen-bond acceptors (Lipinski definition) is 5. The van der Waals surface area contributed by atoms with E-state index in [1.807, 2.05) is 13.1 Å². The van der Waals surface area contributed by atoms with Crippen LogP contribution in [0.4, 0.5) is 15.8 Å². The maximum absolute atomic E-state index is 13.4. The van der Waals surface area contributed by atoms with Crippen LogP contribution in [0, 0.1) is 12.7 Å². The largest absolute Gasteiger partial charge is 0.494 e. The molecule has 0 unspecified atom stereocenters. The Balaban J connectivity index is 2.13. The molecule has 0 radical (unpaired) electrons. The van der Waals surface area contributed by atoms with Gasteiger partial charge in [-0.25, -0.2) is 9.37 Å². The van der Waals surface area contributed by atoms with E-state index in [1.165, 1.54) is 13.2 Å². The molecule has 0 aliphatic carbocycles. The number of nitrogen functional groups attached to an aromatic ring is 1. The molecule has 3 N–H and O–H groups in total. The summed E-state index contributed by atoms with van der Waals surface area (Å²) in [5, 5.41) is 4.15. The van der Waals surface area contributed by atoms with Crippen molar-refractivity contribution in [2.75, 3.05) is 18.2 Å². The van der Waals surface area contributed by atoms with Crippen LogP contribution in [0.1, 0.15) is 9.88 Å². The van der Waals surface area contributed by atoms with Gasteiger partial charge in [0.25, 0.3) is 0 Å². The first-order valence-corrected chi connectivity index (χ1v) is 6.20. The molecule has 2 aromatic rings. The highest BCUT2D eigenvalue weighted by molar-refractivity contribution is 7.11. The topological polar surface area (TPSA) is 60.2 Å². The Bertz CT molecular complexity index is 556. The molecule has 0 amide bonds. The molecule has 6 heteroatoms. The number of benzene rings is 1. The SMILES string of the molecule is COc1cc(NCc2cnc(C)s2)c(N)cc1F. The van der Waals surface area contributed by atoms with Crippen molar-refractivity contribution in [2.24, 2.45) is 0 Å². The van der Waals surface area contributed by atoms with Crippen LogP contribution in [0.3, 0.4) is 0 Å². The fourth-order valence-corrected chi connectivity index (χ4v) is 2.28. The van der Waals surface area contributed by atoms with Crippen molar-refractivity contribution >= 4 is 22.7 Å². The van der Waals surface area contributed by atoms with E-state index in [0.29, 0.717) is 17.9 Å². The maximum Gasteiger partial charge on any atom is 0.167 e. The second kappa shape index (κ2) is 5.22. The van der Waals surface area contributed by atoms with E-state index < -0.39 is 5.82 Å². The molecule has 18 heavy (non-hydrogen) atoms. The molecule has 0 bridgehead atoms. The number of thiazole rings is 1. The van der Waals surface area contributed by atoms with Gasteiger partial charge in [-0.2, -0.15) is 0 Å². The van der Waals surface area contributed by atoms with Gasteiger partial charge in [0.05, 0.1) is 30.0 Å². The lowest BCUT2D eigenvalue weighted by Crippen LogP contribution is -2.03. The number of methoxy groups -OCH3 is 1. The van der Waals surface area contributed by atoms with Gasteiger partial charge in [-0.15, -0.1) is 11.3 Å². The number of nitrogens with zero attached hydrogens (tertiary/aromatic N) is 1. The summed E-state index contributed by atoms with van der Waals surface area (Å²) in [4.78, 5) is 5.25. The van der Waals surface area contributed by atoms with Crippen LogP contribution < -0.4 is 15.8 Å². The smallest absolute Gasteiger partial charge is 0.167 e. The second-order valence-electron chi connectivity index (χ2n) is 3.77. The van der Waals surface area contributed by atoms with Gasteiger partial charge in [-0.1, -0.05) is 0 Å². The number of anilines is 2. The number of nitrogens with two attached hydrogens (primary N) is 1. The monoisotopic (exact) mass is 267 g/mol. The number of rotatable bonds is 4. The van der Waals surface area contributed by atoms with Crippen LogP contribution in [0.25, 0.3) is 0 Å². The van der Waals surface area contributed by atoms with Crippen LogP contribution >= 0.6 is 11.3 Å². The van der Waals surface area contributed by atoms with Crippen molar-refractivity contribution in [1.29, 1.82) is 0 Å². The molecule has 96 valence electrons. The lowest BCUT2D eigenvalue weighted by molar-refractivity contribution is 0.387. The predicted octanol–water partition coefficient (Wildman–Crippen LogP) is 2.79. The Hall–Kier alpha value is -1.82. The van der Waals surface area contributed by atoms with Crippen LogP contribution in [0.2, 0.25) is 0 Å². The molecule has 1 heterocycles. The summed E-state index contributed by atoms with van der Waals surface area (Å²) < 4.78 is 18.3. The van der Waals surface area contributed by atoms with Gasteiger partial charge in [0.15, 0.2) is 11.6 Å². The maximum atomic E-state index is 13.4. The second-order valence-corrected chi connectivity index (χ2v) is 5.09. The molecule has 0 spiro atoms. The van der Waals surface area contributed by atoms with Gasteiger partial charge in [0.1, 0.15) is 0 Å². The lowest BCUT2D eigenvalue weighted by Gasteiger charge is -2.10. The zero-order chi connectivity index (χ0) is 13.1. The highest BCUT2D eigenvalue weighted by Crippen LogP contribution is 2.28. The third-order valence-corrected chi connectivity index (χ3v) is 3.36. The third kappa shape index (κ3) is 2.70. The molecule has 2 rings (SSSR count). The Morgan fingerprint density at radius 1 is 1.50 bits per heavy atom. The molecule has 4 nitrogen and oxygen atoms in total. The third-order valence-electron chi connectivity index (χ3n) is 2.45. The van der Waals surface area contributed by atoms with Crippen molar-refractivity contribution < 1.29 is 9.13 Å². The van der Waals surface area contributed by atoms with Crippen LogP contribution in [0.5, 0.6) is 5.75 Å². The fraction of sp³-hybridized carbons (Fsp3) is 0.250.